The van der Waals surface area contributed by atoms with Crippen molar-refractivity contribution in [2.24, 2.45) is 0 Å². The van der Waals surface area contributed by atoms with Crippen LogP contribution in [0.25, 0.3) is 22.3 Å². The number of hydrogen-bond acceptors (Lipinski definition) is 0. The molecular formula is C23H17Zr. The van der Waals surface area contributed by atoms with Crippen molar-refractivity contribution in [2.45, 2.75) is 16.5 Å². The third-order valence-electron chi connectivity index (χ3n) is 5.28. The van der Waals surface area contributed by atoms with E-state index in [-0.39, 0.29) is 0 Å². The Balaban J connectivity index is 1.78. The van der Waals surface area contributed by atoms with E-state index >= 15 is 0 Å². The monoisotopic (exact) mass is 383 g/mol. The summed E-state index contributed by atoms with van der Waals surface area (Å²) in [5.74, 6) is 0. The molecule has 0 fully saturated rings. The molecule has 1 heteroatoms. The minimum absolute atomic E-state index is 0.562. The van der Waals surface area contributed by atoms with Crippen molar-refractivity contribution < 1.29 is 24.7 Å². The van der Waals surface area contributed by atoms with Gasteiger partial charge in [0, 0.05) is 0 Å². The van der Waals surface area contributed by atoms with Gasteiger partial charge >= 0.3 is 159 Å². The molecular weight excluding hydrogens is 367 g/mol. The second-order valence-electron chi connectivity index (χ2n) is 6.66. The van der Waals surface area contributed by atoms with E-state index in [1.54, 1.807) is 24.7 Å². The molecule has 1 unspecified atom stereocenters. The van der Waals surface area contributed by atoms with Crippen molar-refractivity contribution in [3.05, 3.63) is 95.1 Å². The van der Waals surface area contributed by atoms with Crippen molar-refractivity contribution in [3.63, 3.8) is 0 Å². The summed E-state index contributed by atoms with van der Waals surface area (Å²) in [4.78, 5) is 0. The first kappa shape index (κ1) is 14.6. The normalized spacial score (nSPS) is 20.0. The number of allylic oxidation sites excluding steroid dienone is 8. The van der Waals surface area contributed by atoms with Gasteiger partial charge < -0.3 is 0 Å². The Kier molecular flexibility index (Phi) is 3.45. The van der Waals surface area contributed by atoms with Gasteiger partial charge in [0.15, 0.2) is 0 Å². The predicted octanol–water partition coefficient (Wildman–Crippen LogP) is 5.99. The molecule has 24 heavy (non-hydrogen) atoms. The molecule has 0 saturated heterocycles. The second-order valence-corrected chi connectivity index (χ2v) is 8.08. The average Bonchev–Trinajstić information content (AvgIpc) is 3.36. The molecule has 0 spiro atoms. The van der Waals surface area contributed by atoms with Gasteiger partial charge in [-0.1, -0.05) is 0 Å². The van der Waals surface area contributed by atoms with Gasteiger partial charge in [-0.15, -0.1) is 0 Å². The molecule has 0 saturated carbocycles. The van der Waals surface area contributed by atoms with Crippen LogP contribution in [-0.4, -0.2) is 0 Å². The standard InChI is InChI=1S/C23H17.Zr/c1-2-8-16(7-1)19-14-20-13-18-11-5-6-12-21(18)23(20)22(15-19)17-9-3-4-10-17;/h1-7,9,11-15H,8,10H2;. The first-order valence-electron chi connectivity index (χ1n) is 8.53. The fourth-order valence-corrected chi connectivity index (χ4v) is 5.26. The Labute approximate surface area is 158 Å². The van der Waals surface area contributed by atoms with E-state index in [1.165, 1.54) is 44.5 Å². The van der Waals surface area contributed by atoms with Gasteiger partial charge in [-0.3, -0.25) is 0 Å². The van der Waals surface area contributed by atoms with Crippen LogP contribution in [0, 0.1) is 0 Å². The molecule has 0 nitrogen and oxygen atoms in total. The number of hydrogen-bond donors (Lipinski definition) is 0. The summed E-state index contributed by atoms with van der Waals surface area (Å²) in [6.07, 6.45) is 15.6. The number of benzene rings is 2. The number of fused-ring (bicyclic) bond motifs is 3. The van der Waals surface area contributed by atoms with E-state index in [9.17, 15) is 0 Å². The summed E-state index contributed by atoms with van der Waals surface area (Å²) >= 11 is 1.58. The fourth-order valence-electron chi connectivity index (χ4n) is 4.08. The Morgan fingerprint density at radius 2 is 1.54 bits per heavy atom. The molecule has 0 aliphatic heterocycles. The summed E-state index contributed by atoms with van der Waals surface area (Å²) in [5.41, 5.74) is 11.7. The molecule has 0 radical (unpaired) electrons. The summed E-state index contributed by atoms with van der Waals surface area (Å²) in [6.45, 7) is 0. The second kappa shape index (κ2) is 5.67. The molecule has 0 heterocycles. The van der Waals surface area contributed by atoms with E-state index in [4.69, 9.17) is 0 Å². The zero-order valence-electron chi connectivity index (χ0n) is 13.4. The van der Waals surface area contributed by atoms with Gasteiger partial charge in [-0.2, -0.15) is 0 Å². The van der Waals surface area contributed by atoms with Crippen molar-refractivity contribution in [2.75, 3.05) is 0 Å². The van der Waals surface area contributed by atoms with Crippen LogP contribution in [0.3, 0.4) is 0 Å². The third kappa shape index (κ3) is 2.15. The van der Waals surface area contributed by atoms with Gasteiger partial charge in [-0.05, 0) is 0 Å². The summed E-state index contributed by atoms with van der Waals surface area (Å²) in [7, 11) is 0. The van der Waals surface area contributed by atoms with Crippen LogP contribution >= 0.6 is 0 Å². The van der Waals surface area contributed by atoms with E-state index in [0.717, 1.165) is 12.8 Å². The SMILES string of the molecule is [Zr][CH]1c2ccccc2-c2c(C3=CC=CC3)cc(C3=CC=CC3)cc21. The van der Waals surface area contributed by atoms with Gasteiger partial charge in [0.05, 0.1) is 0 Å². The maximum atomic E-state index is 2.46. The maximum absolute atomic E-state index is 2.46. The molecule has 2 aromatic rings. The molecule has 0 amide bonds. The Bertz CT molecular complexity index is 970. The van der Waals surface area contributed by atoms with Gasteiger partial charge in [0.2, 0.25) is 0 Å². The summed E-state index contributed by atoms with van der Waals surface area (Å²) in [5, 5.41) is 0. The van der Waals surface area contributed by atoms with Gasteiger partial charge in [0.1, 0.15) is 0 Å². The average molecular weight is 385 g/mol. The van der Waals surface area contributed by atoms with E-state index in [0.29, 0.717) is 3.63 Å². The molecule has 3 aliphatic rings. The van der Waals surface area contributed by atoms with Crippen LogP contribution in [0.5, 0.6) is 0 Å². The summed E-state index contributed by atoms with van der Waals surface area (Å²) in [6, 6.07) is 13.9. The topological polar surface area (TPSA) is 0 Å². The predicted molar refractivity (Wildman–Crippen MR) is 97.2 cm³/mol. The van der Waals surface area contributed by atoms with Gasteiger partial charge in [-0.25, -0.2) is 0 Å². The molecule has 0 bridgehead atoms. The van der Waals surface area contributed by atoms with Crippen molar-refractivity contribution >= 4 is 11.1 Å². The first-order valence-corrected chi connectivity index (χ1v) is 9.95. The first-order chi connectivity index (χ1) is 11.8. The zero-order chi connectivity index (χ0) is 16.1. The van der Waals surface area contributed by atoms with Crippen LogP contribution in [-0.2, 0) is 24.7 Å². The fraction of sp³-hybridized carbons (Fsp3) is 0.130. The van der Waals surface area contributed by atoms with E-state index < -0.39 is 0 Å². The van der Waals surface area contributed by atoms with Gasteiger partial charge in [0.25, 0.3) is 0 Å². The quantitative estimate of drug-likeness (QED) is 0.596. The Morgan fingerprint density at radius 3 is 2.29 bits per heavy atom. The van der Waals surface area contributed by atoms with Crippen molar-refractivity contribution in [3.8, 4) is 11.1 Å². The van der Waals surface area contributed by atoms with E-state index in [1.807, 2.05) is 0 Å². The van der Waals surface area contributed by atoms with Crippen LogP contribution in [0.1, 0.15) is 38.7 Å². The van der Waals surface area contributed by atoms with Crippen molar-refractivity contribution in [1.29, 1.82) is 0 Å². The van der Waals surface area contributed by atoms with Crippen LogP contribution in [0.4, 0.5) is 0 Å². The molecule has 0 N–H and O–H groups in total. The molecule has 5 rings (SSSR count). The minimum atomic E-state index is 0.562. The Hall–Kier alpha value is -1.72. The third-order valence-corrected chi connectivity index (χ3v) is 6.81. The molecule has 113 valence electrons. The number of rotatable bonds is 2. The van der Waals surface area contributed by atoms with Crippen LogP contribution in [0.15, 0.2) is 72.9 Å². The summed E-state index contributed by atoms with van der Waals surface area (Å²) < 4.78 is 0.562. The molecule has 3 aliphatic carbocycles. The molecule has 2 aromatic carbocycles. The zero-order valence-corrected chi connectivity index (χ0v) is 15.9. The molecule has 1 atom stereocenters. The van der Waals surface area contributed by atoms with Crippen molar-refractivity contribution in [1.82, 2.24) is 0 Å². The van der Waals surface area contributed by atoms with Crippen LogP contribution in [0.2, 0.25) is 0 Å². The Morgan fingerprint density at radius 1 is 0.792 bits per heavy atom. The van der Waals surface area contributed by atoms with Crippen LogP contribution < -0.4 is 0 Å². The molecule has 0 aromatic heterocycles. The van der Waals surface area contributed by atoms with E-state index in [2.05, 4.69) is 72.9 Å².